The van der Waals surface area contributed by atoms with E-state index in [1.807, 2.05) is 36.4 Å². The van der Waals surface area contributed by atoms with Crippen LogP contribution in [-0.4, -0.2) is 0 Å². The van der Waals surface area contributed by atoms with Crippen molar-refractivity contribution in [2.24, 2.45) is 0 Å². The van der Waals surface area contributed by atoms with E-state index in [4.69, 9.17) is 0 Å². The van der Waals surface area contributed by atoms with Gasteiger partial charge in [-0.05, 0) is 72.9 Å². The predicted octanol–water partition coefficient (Wildman–Crippen LogP) is 7.59. The lowest BCUT2D eigenvalue weighted by atomic mass is 9.99. The Bertz CT molecular complexity index is 1280. The first-order chi connectivity index (χ1) is 15.6. The molecular formula is C31H27F. The number of rotatable bonds is 6. The number of halogens is 1. The van der Waals surface area contributed by atoms with E-state index in [-0.39, 0.29) is 5.82 Å². The molecule has 0 heterocycles. The van der Waals surface area contributed by atoms with Gasteiger partial charge in [0.15, 0.2) is 0 Å². The Balaban J connectivity index is 1.49. The Morgan fingerprint density at radius 2 is 1.41 bits per heavy atom. The van der Waals surface area contributed by atoms with Gasteiger partial charge < -0.3 is 0 Å². The Hall–Kier alpha value is -3.63. The van der Waals surface area contributed by atoms with Gasteiger partial charge in [-0.1, -0.05) is 84.1 Å². The van der Waals surface area contributed by atoms with E-state index in [0.29, 0.717) is 10.9 Å². The minimum atomic E-state index is -0.248. The van der Waals surface area contributed by atoms with Crippen LogP contribution in [0.15, 0.2) is 91.5 Å². The van der Waals surface area contributed by atoms with Crippen LogP contribution in [0.4, 0.5) is 4.39 Å². The molecule has 0 radical (unpaired) electrons. The maximum atomic E-state index is 15.1. The molecule has 0 fully saturated rings. The monoisotopic (exact) mass is 418 g/mol. The summed E-state index contributed by atoms with van der Waals surface area (Å²) < 4.78 is 15.1. The number of hydrogen-bond donors (Lipinski definition) is 0. The molecule has 0 N–H and O–H groups in total. The molecule has 0 nitrogen and oxygen atoms in total. The van der Waals surface area contributed by atoms with Gasteiger partial charge in [0.2, 0.25) is 0 Å². The molecule has 4 aromatic carbocycles. The summed E-state index contributed by atoms with van der Waals surface area (Å²) in [5, 5.41) is 1.54. The van der Waals surface area contributed by atoms with E-state index < -0.39 is 0 Å². The Morgan fingerprint density at radius 3 is 2.16 bits per heavy atom. The van der Waals surface area contributed by atoms with Gasteiger partial charge in [-0.25, -0.2) is 4.39 Å². The van der Waals surface area contributed by atoms with Crippen LogP contribution in [0.1, 0.15) is 39.8 Å². The van der Waals surface area contributed by atoms with Crippen LogP contribution in [0, 0.1) is 24.6 Å². The van der Waals surface area contributed by atoms with E-state index in [0.717, 1.165) is 36.6 Å². The fourth-order valence-electron chi connectivity index (χ4n) is 3.80. The smallest absolute Gasteiger partial charge is 0.146 e. The molecule has 0 saturated heterocycles. The van der Waals surface area contributed by atoms with Crippen LogP contribution < -0.4 is 0 Å². The highest BCUT2D eigenvalue weighted by molar-refractivity contribution is 5.85. The Labute approximate surface area is 190 Å². The maximum Gasteiger partial charge on any atom is 0.146 e. The standard InChI is InChI=1S/C31H27F/c1-3-4-5-24-10-12-26(13-11-24)16-18-28-19-20-29-22-27(17-21-30(29)31(28)32)15-14-25-8-6-23(2)7-9-25/h3,6-13,17,19-22H,1,4-5,14-15H2,2H3. The van der Waals surface area contributed by atoms with Crippen LogP contribution >= 0.6 is 0 Å². The molecule has 0 amide bonds. The molecule has 0 unspecified atom stereocenters. The van der Waals surface area contributed by atoms with Crippen molar-refractivity contribution in [2.45, 2.75) is 32.6 Å². The molecule has 0 spiro atoms. The molecule has 4 aromatic rings. The van der Waals surface area contributed by atoms with Gasteiger partial charge >= 0.3 is 0 Å². The van der Waals surface area contributed by atoms with Crippen molar-refractivity contribution >= 4 is 10.8 Å². The number of fused-ring (bicyclic) bond motifs is 1. The summed E-state index contributed by atoms with van der Waals surface area (Å²) in [7, 11) is 0. The van der Waals surface area contributed by atoms with Crippen LogP contribution in [0.25, 0.3) is 10.8 Å². The molecule has 1 heteroatoms. The van der Waals surface area contributed by atoms with E-state index in [9.17, 15) is 0 Å². The third kappa shape index (κ3) is 5.34. The lowest BCUT2D eigenvalue weighted by Gasteiger charge is -2.07. The topological polar surface area (TPSA) is 0 Å². The van der Waals surface area contributed by atoms with Gasteiger partial charge in [-0.2, -0.15) is 0 Å². The zero-order valence-electron chi connectivity index (χ0n) is 18.5. The van der Waals surface area contributed by atoms with Gasteiger partial charge in [0, 0.05) is 10.9 Å². The van der Waals surface area contributed by atoms with Gasteiger partial charge in [-0.15, -0.1) is 6.58 Å². The first-order valence-corrected chi connectivity index (χ1v) is 11.1. The molecule has 32 heavy (non-hydrogen) atoms. The van der Waals surface area contributed by atoms with Gasteiger partial charge in [0.05, 0.1) is 5.56 Å². The summed E-state index contributed by atoms with van der Waals surface area (Å²) in [5.74, 6) is 5.85. The van der Waals surface area contributed by atoms with Crippen molar-refractivity contribution in [1.29, 1.82) is 0 Å². The average molecular weight is 419 g/mol. The van der Waals surface area contributed by atoms with Crippen molar-refractivity contribution < 1.29 is 4.39 Å². The summed E-state index contributed by atoms with van der Waals surface area (Å²) in [5.41, 5.74) is 6.38. The SMILES string of the molecule is C=CCCc1ccc(C#Cc2ccc3cc(CCc4ccc(C)cc4)ccc3c2F)cc1. The summed E-state index contributed by atoms with van der Waals surface area (Å²) in [6, 6.07) is 26.5. The second kappa shape index (κ2) is 10.1. The van der Waals surface area contributed by atoms with E-state index in [2.05, 4.69) is 67.8 Å². The van der Waals surface area contributed by atoms with Crippen LogP contribution in [0.2, 0.25) is 0 Å². The predicted molar refractivity (Wildman–Crippen MR) is 133 cm³/mol. The third-order valence-electron chi connectivity index (χ3n) is 5.77. The fourth-order valence-corrected chi connectivity index (χ4v) is 3.80. The molecule has 0 aromatic heterocycles. The minimum absolute atomic E-state index is 0.248. The molecule has 0 aliphatic carbocycles. The zero-order chi connectivity index (χ0) is 22.3. The summed E-state index contributed by atoms with van der Waals surface area (Å²) >= 11 is 0. The number of hydrogen-bond acceptors (Lipinski definition) is 0. The fraction of sp³-hybridized carbons (Fsp3) is 0.161. The first kappa shape index (κ1) is 21.6. The van der Waals surface area contributed by atoms with E-state index >= 15 is 4.39 Å². The highest BCUT2D eigenvalue weighted by Gasteiger charge is 2.07. The molecular weight excluding hydrogens is 391 g/mol. The number of benzene rings is 4. The molecule has 158 valence electrons. The summed E-state index contributed by atoms with van der Waals surface area (Å²) in [6.45, 7) is 5.86. The zero-order valence-corrected chi connectivity index (χ0v) is 18.5. The van der Waals surface area contributed by atoms with Crippen LogP contribution in [-0.2, 0) is 19.3 Å². The van der Waals surface area contributed by atoms with Gasteiger partial charge in [0.1, 0.15) is 5.82 Å². The molecule has 0 bridgehead atoms. The van der Waals surface area contributed by atoms with Crippen molar-refractivity contribution in [3.8, 4) is 11.8 Å². The average Bonchev–Trinajstić information content (AvgIpc) is 2.82. The maximum absolute atomic E-state index is 15.1. The normalized spacial score (nSPS) is 10.6. The number of allylic oxidation sites excluding steroid dienone is 1. The lowest BCUT2D eigenvalue weighted by Crippen LogP contribution is -1.93. The second-order valence-corrected chi connectivity index (χ2v) is 8.24. The molecule has 0 saturated carbocycles. The molecule has 0 atom stereocenters. The summed E-state index contributed by atoms with van der Waals surface area (Å²) in [4.78, 5) is 0. The van der Waals surface area contributed by atoms with Crippen molar-refractivity contribution in [2.75, 3.05) is 0 Å². The first-order valence-electron chi connectivity index (χ1n) is 11.1. The van der Waals surface area contributed by atoms with Gasteiger partial charge in [-0.3, -0.25) is 0 Å². The molecule has 0 aliphatic heterocycles. The second-order valence-electron chi connectivity index (χ2n) is 8.24. The quantitative estimate of drug-likeness (QED) is 0.223. The van der Waals surface area contributed by atoms with E-state index in [1.54, 1.807) is 6.07 Å². The largest absolute Gasteiger partial charge is 0.205 e. The Morgan fingerprint density at radius 1 is 0.750 bits per heavy atom. The van der Waals surface area contributed by atoms with Crippen molar-refractivity contribution in [3.63, 3.8) is 0 Å². The Kier molecular flexibility index (Phi) is 6.83. The highest BCUT2D eigenvalue weighted by atomic mass is 19.1. The highest BCUT2D eigenvalue weighted by Crippen LogP contribution is 2.23. The third-order valence-corrected chi connectivity index (χ3v) is 5.77. The van der Waals surface area contributed by atoms with Crippen molar-refractivity contribution in [1.82, 2.24) is 0 Å². The molecule has 0 aliphatic rings. The summed E-state index contributed by atoms with van der Waals surface area (Å²) in [6.07, 6.45) is 5.77. The number of aryl methyl sites for hydroxylation is 4. The van der Waals surface area contributed by atoms with Crippen LogP contribution in [0.5, 0.6) is 0 Å². The van der Waals surface area contributed by atoms with Crippen LogP contribution in [0.3, 0.4) is 0 Å². The van der Waals surface area contributed by atoms with E-state index in [1.165, 1.54) is 22.3 Å². The van der Waals surface area contributed by atoms with Crippen molar-refractivity contribution in [3.05, 3.63) is 131 Å². The van der Waals surface area contributed by atoms with Gasteiger partial charge in [0.25, 0.3) is 0 Å². The minimum Gasteiger partial charge on any atom is -0.205 e. The molecule has 4 rings (SSSR count). The lowest BCUT2D eigenvalue weighted by molar-refractivity contribution is 0.636.